The van der Waals surface area contributed by atoms with Gasteiger partial charge in [-0.25, -0.2) is 13.1 Å². The third-order valence-corrected chi connectivity index (χ3v) is 6.81. The fraction of sp³-hybridized carbons (Fsp3) is 0.722. The largest absolute Gasteiger partial charge is 0.489 e. The fourth-order valence-electron chi connectivity index (χ4n) is 3.86. The zero-order valence-corrected chi connectivity index (χ0v) is 15.2. The van der Waals surface area contributed by atoms with Crippen molar-refractivity contribution in [2.24, 2.45) is 5.92 Å². The van der Waals surface area contributed by atoms with Crippen molar-refractivity contribution in [2.45, 2.75) is 70.4 Å². The van der Waals surface area contributed by atoms with Crippen molar-refractivity contribution < 1.29 is 13.2 Å². The maximum Gasteiger partial charge on any atom is 0.212 e. The van der Waals surface area contributed by atoms with E-state index in [4.69, 9.17) is 4.74 Å². The van der Waals surface area contributed by atoms with E-state index in [1.807, 2.05) is 19.1 Å². The van der Waals surface area contributed by atoms with E-state index in [-0.39, 0.29) is 12.1 Å². The molecule has 5 nitrogen and oxygen atoms in total. The predicted molar refractivity (Wildman–Crippen MR) is 94.5 cm³/mol. The molecule has 2 aliphatic carbocycles. The van der Waals surface area contributed by atoms with Gasteiger partial charge < -0.3 is 4.74 Å². The monoisotopic (exact) mass is 352 g/mol. The molecule has 2 fully saturated rings. The fourth-order valence-corrected chi connectivity index (χ4v) is 5.66. The molecule has 0 atom stereocenters. The van der Waals surface area contributed by atoms with Gasteiger partial charge in [-0.1, -0.05) is 12.8 Å². The molecule has 134 valence electrons. The summed E-state index contributed by atoms with van der Waals surface area (Å²) in [4.78, 5) is 4.24. The maximum absolute atomic E-state index is 12.3. The quantitative estimate of drug-likeness (QED) is 0.854. The zero-order valence-electron chi connectivity index (χ0n) is 14.4. The Hall–Kier alpha value is -1.14. The van der Waals surface area contributed by atoms with Gasteiger partial charge in [0.1, 0.15) is 5.75 Å². The first-order valence-electron chi connectivity index (χ1n) is 9.10. The first-order valence-corrected chi connectivity index (χ1v) is 10.8. The van der Waals surface area contributed by atoms with Gasteiger partial charge in [-0.3, -0.25) is 4.98 Å². The molecule has 0 saturated heterocycles. The number of ether oxygens (including phenoxy) is 1. The van der Waals surface area contributed by atoms with Crippen LogP contribution in [-0.4, -0.2) is 31.3 Å². The third-order valence-electron chi connectivity index (χ3n) is 5.20. The van der Waals surface area contributed by atoms with Crippen molar-refractivity contribution >= 4 is 10.0 Å². The highest BCUT2D eigenvalue weighted by Crippen LogP contribution is 2.28. The highest BCUT2D eigenvalue weighted by molar-refractivity contribution is 7.89. The predicted octanol–water partition coefficient (Wildman–Crippen LogP) is 3.19. The molecular formula is C18H28N2O3S. The molecule has 2 aliphatic rings. The number of rotatable bonds is 6. The van der Waals surface area contributed by atoms with E-state index in [1.165, 1.54) is 12.8 Å². The lowest BCUT2D eigenvalue weighted by atomic mass is 9.93. The van der Waals surface area contributed by atoms with Crippen molar-refractivity contribution in [3.05, 3.63) is 24.0 Å². The van der Waals surface area contributed by atoms with Gasteiger partial charge in [0.15, 0.2) is 0 Å². The average molecular weight is 353 g/mol. The zero-order chi connectivity index (χ0) is 17.0. The molecule has 6 heteroatoms. The molecule has 2 saturated carbocycles. The molecule has 0 unspecified atom stereocenters. The van der Waals surface area contributed by atoms with E-state index in [1.54, 1.807) is 6.20 Å². The van der Waals surface area contributed by atoms with Gasteiger partial charge in [0.2, 0.25) is 10.0 Å². The summed E-state index contributed by atoms with van der Waals surface area (Å²) in [5, 5.41) is 0. The van der Waals surface area contributed by atoms with E-state index in [9.17, 15) is 8.42 Å². The Morgan fingerprint density at radius 3 is 2.54 bits per heavy atom. The van der Waals surface area contributed by atoms with Gasteiger partial charge in [0.25, 0.3) is 0 Å². The third kappa shape index (κ3) is 4.93. The smallest absolute Gasteiger partial charge is 0.212 e. The van der Waals surface area contributed by atoms with Crippen LogP contribution in [0.3, 0.4) is 0 Å². The lowest BCUT2D eigenvalue weighted by Gasteiger charge is -2.30. The standard InChI is InChI=1S/C18H28N2O3S/c1-14-18(7-4-12-19-14)23-17-10-8-16(9-11-17)20-24(21,22)13-15-5-2-3-6-15/h4,7,12,15-17,20H,2-3,5-6,8-11,13H2,1H3. The second-order valence-electron chi connectivity index (χ2n) is 7.23. The van der Waals surface area contributed by atoms with Crippen molar-refractivity contribution in [3.8, 4) is 5.75 Å². The number of aryl methyl sites for hydroxylation is 1. The summed E-state index contributed by atoms with van der Waals surface area (Å²) < 4.78 is 33.6. The topological polar surface area (TPSA) is 68.3 Å². The molecule has 0 amide bonds. The molecule has 1 aromatic heterocycles. The molecule has 1 aromatic rings. The van der Waals surface area contributed by atoms with Crippen LogP contribution in [0.15, 0.2) is 18.3 Å². The van der Waals surface area contributed by atoms with Crippen LogP contribution in [0.2, 0.25) is 0 Å². The summed E-state index contributed by atoms with van der Waals surface area (Å²) >= 11 is 0. The Bertz CT molecular complexity index is 633. The minimum Gasteiger partial charge on any atom is -0.489 e. The normalized spacial score (nSPS) is 25.7. The molecule has 1 N–H and O–H groups in total. The van der Waals surface area contributed by atoms with Gasteiger partial charge in [-0.05, 0) is 63.5 Å². The second kappa shape index (κ2) is 7.83. The SMILES string of the molecule is Cc1ncccc1OC1CCC(NS(=O)(=O)CC2CCCC2)CC1. The Labute approximate surface area is 145 Å². The summed E-state index contributed by atoms with van der Waals surface area (Å²) in [5.74, 6) is 1.50. The van der Waals surface area contributed by atoms with Crippen LogP contribution < -0.4 is 9.46 Å². The van der Waals surface area contributed by atoms with Crippen molar-refractivity contribution in [1.82, 2.24) is 9.71 Å². The molecule has 0 aromatic carbocycles. The van der Waals surface area contributed by atoms with Crippen LogP contribution in [0.5, 0.6) is 5.75 Å². The van der Waals surface area contributed by atoms with E-state index in [0.717, 1.165) is 50.0 Å². The number of nitrogens with zero attached hydrogens (tertiary/aromatic N) is 1. The minimum atomic E-state index is -3.15. The first kappa shape index (κ1) is 17.7. The number of hydrogen-bond donors (Lipinski definition) is 1. The Morgan fingerprint density at radius 1 is 1.17 bits per heavy atom. The van der Waals surface area contributed by atoms with Gasteiger partial charge in [0, 0.05) is 12.2 Å². The number of hydrogen-bond acceptors (Lipinski definition) is 4. The molecule has 1 heterocycles. The summed E-state index contributed by atoms with van der Waals surface area (Å²) in [7, 11) is -3.15. The molecular weight excluding hydrogens is 324 g/mol. The highest BCUT2D eigenvalue weighted by Gasteiger charge is 2.28. The van der Waals surface area contributed by atoms with E-state index in [0.29, 0.717) is 11.7 Å². The van der Waals surface area contributed by atoms with Crippen LogP contribution in [0.1, 0.15) is 57.1 Å². The summed E-state index contributed by atoms with van der Waals surface area (Å²) in [6.07, 6.45) is 9.84. The lowest BCUT2D eigenvalue weighted by Crippen LogP contribution is -2.41. The van der Waals surface area contributed by atoms with Crippen molar-refractivity contribution in [3.63, 3.8) is 0 Å². The van der Waals surface area contributed by atoms with Crippen LogP contribution in [0.25, 0.3) is 0 Å². The van der Waals surface area contributed by atoms with Crippen LogP contribution >= 0.6 is 0 Å². The van der Waals surface area contributed by atoms with Crippen LogP contribution in [0.4, 0.5) is 0 Å². The van der Waals surface area contributed by atoms with Crippen molar-refractivity contribution in [2.75, 3.05) is 5.75 Å². The highest BCUT2D eigenvalue weighted by atomic mass is 32.2. The second-order valence-corrected chi connectivity index (χ2v) is 9.03. The van der Waals surface area contributed by atoms with Gasteiger partial charge >= 0.3 is 0 Å². The van der Waals surface area contributed by atoms with Crippen molar-refractivity contribution in [1.29, 1.82) is 0 Å². The van der Waals surface area contributed by atoms with Gasteiger partial charge in [-0.15, -0.1) is 0 Å². The van der Waals surface area contributed by atoms with Crippen LogP contribution in [0, 0.1) is 12.8 Å². The molecule has 0 spiro atoms. The molecule has 0 radical (unpaired) electrons. The van der Waals surface area contributed by atoms with E-state index >= 15 is 0 Å². The molecule has 0 bridgehead atoms. The Morgan fingerprint density at radius 2 is 1.88 bits per heavy atom. The first-order chi connectivity index (χ1) is 11.5. The maximum atomic E-state index is 12.3. The number of nitrogens with one attached hydrogen (secondary N) is 1. The molecule has 24 heavy (non-hydrogen) atoms. The van der Waals surface area contributed by atoms with E-state index in [2.05, 4.69) is 9.71 Å². The minimum absolute atomic E-state index is 0.0613. The lowest BCUT2D eigenvalue weighted by molar-refractivity contribution is 0.142. The Kier molecular flexibility index (Phi) is 5.76. The summed E-state index contributed by atoms with van der Waals surface area (Å²) in [6.45, 7) is 1.94. The number of pyridine rings is 1. The molecule has 3 rings (SSSR count). The van der Waals surface area contributed by atoms with E-state index < -0.39 is 10.0 Å². The van der Waals surface area contributed by atoms with Gasteiger partial charge in [0.05, 0.1) is 17.6 Å². The van der Waals surface area contributed by atoms with Gasteiger partial charge in [-0.2, -0.15) is 0 Å². The Balaban J connectivity index is 1.45. The number of aromatic nitrogens is 1. The van der Waals surface area contributed by atoms with Crippen LogP contribution in [-0.2, 0) is 10.0 Å². The summed E-state index contributed by atoms with van der Waals surface area (Å²) in [5.41, 5.74) is 0.900. The average Bonchev–Trinajstić information content (AvgIpc) is 3.03. The molecule has 0 aliphatic heterocycles. The number of sulfonamides is 1. The summed E-state index contributed by atoms with van der Waals surface area (Å²) in [6, 6.07) is 3.88.